The largest absolute Gasteiger partial charge is 0.307 e. The van der Waals surface area contributed by atoms with Gasteiger partial charge in [0.05, 0.1) is 0 Å². The zero-order valence-electron chi connectivity index (χ0n) is 13.6. The first-order valence-corrected chi connectivity index (χ1v) is 7.82. The van der Waals surface area contributed by atoms with Crippen LogP contribution in [-0.2, 0) is 6.42 Å². The maximum Gasteiger partial charge on any atom is 0.0363 e. The van der Waals surface area contributed by atoms with E-state index in [9.17, 15) is 0 Å². The summed E-state index contributed by atoms with van der Waals surface area (Å²) in [7, 11) is 0. The van der Waals surface area contributed by atoms with Gasteiger partial charge in [0.15, 0.2) is 0 Å². The molecule has 0 saturated carbocycles. The summed E-state index contributed by atoms with van der Waals surface area (Å²) in [5.74, 6) is 0. The van der Waals surface area contributed by atoms with Crippen LogP contribution in [0.15, 0.2) is 60.7 Å². The van der Waals surface area contributed by atoms with Gasteiger partial charge in [-0.1, -0.05) is 81.4 Å². The first-order chi connectivity index (χ1) is 9.97. The summed E-state index contributed by atoms with van der Waals surface area (Å²) in [5.41, 5.74) is 2.99. The summed E-state index contributed by atoms with van der Waals surface area (Å²) >= 11 is 0. The second-order valence-corrected chi connectivity index (χ2v) is 6.91. The van der Waals surface area contributed by atoms with Crippen LogP contribution in [0.1, 0.15) is 44.9 Å². The predicted octanol–water partition coefficient (Wildman–Crippen LogP) is 4.99. The summed E-state index contributed by atoms with van der Waals surface area (Å²) in [6.07, 6.45) is 1.02. The Labute approximate surface area is 129 Å². The van der Waals surface area contributed by atoms with Crippen molar-refractivity contribution in [2.45, 2.75) is 46.2 Å². The predicted molar refractivity (Wildman–Crippen MR) is 91.4 cm³/mol. The standard InChI is InChI=1S/C20H27N/c1-16(20(2,3)4)21-19(18-13-9-6-10-14-18)15-17-11-7-5-8-12-17/h5-14,16,19,21H,15H2,1-4H3. The van der Waals surface area contributed by atoms with Gasteiger partial charge in [-0.05, 0) is 29.9 Å². The van der Waals surface area contributed by atoms with E-state index in [0.29, 0.717) is 12.1 Å². The zero-order valence-corrected chi connectivity index (χ0v) is 13.6. The van der Waals surface area contributed by atoms with Crippen LogP contribution in [0.25, 0.3) is 0 Å². The molecule has 0 aliphatic heterocycles. The molecule has 0 spiro atoms. The summed E-state index contributed by atoms with van der Waals surface area (Å²) in [6.45, 7) is 9.14. The molecule has 0 bridgehead atoms. The van der Waals surface area contributed by atoms with E-state index < -0.39 is 0 Å². The summed E-state index contributed by atoms with van der Waals surface area (Å²) < 4.78 is 0. The lowest BCUT2D eigenvalue weighted by molar-refractivity contribution is 0.262. The maximum absolute atomic E-state index is 3.82. The van der Waals surface area contributed by atoms with Crippen molar-refractivity contribution in [2.75, 3.05) is 0 Å². The molecular formula is C20H27N. The topological polar surface area (TPSA) is 12.0 Å². The lowest BCUT2D eigenvalue weighted by Crippen LogP contribution is -2.40. The van der Waals surface area contributed by atoms with E-state index in [1.807, 2.05) is 0 Å². The molecule has 0 radical (unpaired) electrons. The Morgan fingerprint density at radius 2 is 1.38 bits per heavy atom. The number of benzene rings is 2. The van der Waals surface area contributed by atoms with Crippen molar-refractivity contribution in [1.29, 1.82) is 0 Å². The quantitative estimate of drug-likeness (QED) is 0.813. The fourth-order valence-electron chi connectivity index (χ4n) is 2.36. The Kier molecular flexibility index (Phi) is 5.19. The second-order valence-electron chi connectivity index (χ2n) is 6.91. The fraction of sp³-hybridized carbons (Fsp3) is 0.400. The number of hydrogen-bond acceptors (Lipinski definition) is 1. The molecule has 0 fully saturated rings. The number of hydrogen-bond donors (Lipinski definition) is 1. The minimum atomic E-state index is 0.254. The molecule has 0 aromatic heterocycles. The van der Waals surface area contributed by atoms with Gasteiger partial charge in [0, 0.05) is 12.1 Å². The van der Waals surface area contributed by atoms with Crippen LogP contribution in [0, 0.1) is 5.41 Å². The molecule has 0 saturated heterocycles. The molecule has 21 heavy (non-hydrogen) atoms. The van der Waals surface area contributed by atoms with Gasteiger partial charge in [-0.2, -0.15) is 0 Å². The van der Waals surface area contributed by atoms with Crippen molar-refractivity contribution in [2.24, 2.45) is 5.41 Å². The second kappa shape index (κ2) is 6.91. The molecular weight excluding hydrogens is 254 g/mol. The summed E-state index contributed by atoms with van der Waals surface area (Å²) in [5, 5.41) is 3.82. The Bertz CT molecular complexity index is 525. The lowest BCUT2D eigenvalue weighted by atomic mass is 9.86. The van der Waals surface area contributed by atoms with E-state index in [0.717, 1.165) is 6.42 Å². The van der Waals surface area contributed by atoms with Crippen LogP contribution in [-0.4, -0.2) is 6.04 Å². The van der Waals surface area contributed by atoms with Gasteiger partial charge >= 0.3 is 0 Å². The molecule has 2 aromatic carbocycles. The van der Waals surface area contributed by atoms with Gasteiger partial charge in [-0.25, -0.2) is 0 Å². The van der Waals surface area contributed by atoms with Crippen LogP contribution in [0.3, 0.4) is 0 Å². The monoisotopic (exact) mass is 281 g/mol. The van der Waals surface area contributed by atoms with Crippen molar-refractivity contribution in [3.63, 3.8) is 0 Å². The summed E-state index contributed by atoms with van der Waals surface area (Å²) in [6, 6.07) is 22.3. The van der Waals surface area contributed by atoms with Crippen molar-refractivity contribution in [1.82, 2.24) is 5.32 Å². The summed E-state index contributed by atoms with van der Waals surface area (Å²) in [4.78, 5) is 0. The van der Waals surface area contributed by atoms with E-state index in [2.05, 4.69) is 93.7 Å². The third-order valence-electron chi connectivity index (χ3n) is 4.23. The molecule has 2 atom stereocenters. The smallest absolute Gasteiger partial charge is 0.0363 e. The van der Waals surface area contributed by atoms with Crippen molar-refractivity contribution in [3.8, 4) is 0 Å². The molecule has 2 unspecified atom stereocenters. The van der Waals surface area contributed by atoms with Gasteiger partial charge in [-0.15, -0.1) is 0 Å². The molecule has 1 N–H and O–H groups in total. The molecule has 0 aliphatic rings. The van der Waals surface area contributed by atoms with E-state index in [-0.39, 0.29) is 5.41 Å². The number of nitrogens with one attached hydrogen (secondary N) is 1. The minimum absolute atomic E-state index is 0.254. The third kappa shape index (κ3) is 4.71. The van der Waals surface area contributed by atoms with Crippen molar-refractivity contribution >= 4 is 0 Å². The molecule has 2 aromatic rings. The molecule has 1 nitrogen and oxygen atoms in total. The van der Waals surface area contributed by atoms with Gasteiger partial charge in [-0.3, -0.25) is 0 Å². The highest BCUT2D eigenvalue weighted by Crippen LogP contribution is 2.25. The van der Waals surface area contributed by atoms with E-state index in [1.54, 1.807) is 0 Å². The van der Waals surface area contributed by atoms with Gasteiger partial charge in [0.1, 0.15) is 0 Å². The lowest BCUT2D eigenvalue weighted by Gasteiger charge is -2.33. The van der Waals surface area contributed by atoms with Gasteiger partial charge < -0.3 is 5.32 Å². The molecule has 112 valence electrons. The van der Waals surface area contributed by atoms with Crippen molar-refractivity contribution < 1.29 is 0 Å². The van der Waals surface area contributed by atoms with Crippen LogP contribution < -0.4 is 5.32 Å². The first-order valence-electron chi connectivity index (χ1n) is 7.82. The van der Waals surface area contributed by atoms with E-state index in [4.69, 9.17) is 0 Å². The average Bonchev–Trinajstić information content (AvgIpc) is 2.47. The van der Waals surface area contributed by atoms with E-state index in [1.165, 1.54) is 11.1 Å². The third-order valence-corrected chi connectivity index (χ3v) is 4.23. The van der Waals surface area contributed by atoms with Crippen LogP contribution in [0.2, 0.25) is 0 Å². The maximum atomic E-state index is 3.82. The fourth-order valence-corrected chi connectivity index (χ4v) is 2.36. The van der Waals surface area contributed by atoms with Crippen LogP contribution in [0.4, 0.5) is 0 Å². The average molecular weight is 281 g/mol. The van der Waals surface area contributed by atoms with Crippen LogP contribution >= 0.6 is 0 Å². The highest BCUT2D eigenvalue weighted by molar-refractivity contribution is 5.24. The zero-order chi connectivity index (χ0) is 15.3. The Balaban J connectivity index is 2.19. The van der Waals surface area contributed by atoms with Crippen molar-refractivity contribution in [3.05, 3.63) is 71.8 Å². The van der Waals surface area contributed by atoms with Crippen LogP contribution in [0.5, 0.6) is 0 Å². The minimum Gasteiger partial charge on any atom is -0.307 e. The molecule has 1 heteroatoms. The van der Waals surface area contributed by atoms with Gasteiger partial charge in [0.25, 0.3) is 0 Å². The molecule has 0 aliphatic carbocycles. The first kappa shape index (κ1) is 15.8. The molecule has 0 heterocycles. The molecule has 2 rings (SSSR count). The highest BCUT2D eigenvalue weighted by Gasteiger charge is 2.23. The highest BCUT2D eigenvalue weighted by atomic mass is 15.0. The number of rotatable bonds is 5. The molecule has 0 amide bonds. The Hall–Kier alpha value is -1.60. The SMILES string of the molecule is CC(NC(Cc1ccccc1)c1ccccc1)C(C)(C)C. The Morgan fingerprint density at radius 1 is 0.857 bits per heavy atom. The van der Waals surface area contributed by atoms with E-state index >= 15 is 0 Å². The Morgan fingerprint density at radius 3 is 1.90 bits per heavy atom. The van der Waals surface area contributed by atoms with Gasteiger partial charge in [0.2, 0.25) is 0 Å². The normalized spacial score (nSPS) is 14.7.